The van der Waals surface area contributed by atoms with Crippen LogP contribution in [0, 0.1) is 13.8 Å². The molecule has 0 radical (unpaired) electrons. The van der Waals surface area contributed by atoms with Gasteiger partial charge in [0, 0.05) is 5.69 Å². The monoisotopic (exact) mass is 516 g/mol. The van der Waals surface area contributed by atoms with Crippen molar-refractivity contribution in [2.24, 2.45) is 0 Å². The van der Waals surface area contributed by atoms with Crippen LogP contribution in [0.3, 0.4) is 0 Å². The summed E-state index contributed by atoms with van der Waals surface area (Å²) < 4.78 is 11.4. The lowest BCUT2D eigenvalue weighted by Crippen LogP contribution is -2.27. The van der Waals surface area contributed by atoms with E-state index >= 15 is 0 Å². The van der Waals surface area contributed by atoms with E-state index in [0.717, 1.165) is 28.5 Å². The highest BCUT2D eigenvalue weighted by Gasteiger charge is 2.35. The number of thioether (sulfide) groups is 1. The zero-order chi connectivity index (χ0) is 26.4. The summed E-state index contributed by atoms with van der Waals surface area (Å²) in [5, 5.41) is 2.51. The fourth-order valence-corrected chi connectivity index (χ4v) is 4.65. The van der Waals surface area contributed by atoms with Gasteiger partial charge in [0.25, 0.3) is 17.1 Å². The van der Waals surface area contributed by atoms with Crippen molar-refractivity contribution in [3.05, 3.63) is 93.9 Å². The second-order valence-electron chi connectivity index (χ2n) is 8.54. The fraction of sp³-hybridized carbons (Fsp3) is 0.207. The maximum Gasteiger partial charge on any atom is 0.293 e. The molecular formula is C29H28N2O5S. The fourth-order valence-electron chi connectivity index (χ4n) is 3.81. The molecule has 190 valence electrons. The lowest BCUT2D eigenvalue weighted by molar-refractivity contribution is -0.123. The van der Waals surface area contributed by atoms with Crippen molar-refractivity contribution in [2.45, 2.75) is 27.3 Å². The molecule has 0 spiro atoms. The lowest BCUT2D eigenvalue weighted by atomic mass is 10.1. The molecule has 1 fully saturated rings. The van der Waals surface area contributed by atoms with Crippen molar-refractivity contribution < 1.29 is 23.9 Å². The van der Waals surface area contributed by atoms with E-state index in [1.807, 2.05) is 69.3 Å². The van der Waals surface area contributed by atoms with Gasteiger partial charge in [-0.3, -0.25) is 19.3 Å². The third kappa shape index (κ3) is 6.59. The molecule has 7 nitrogen and oxygen atoms in total. The molecule has 3 aromatic rings. The Kier molecular flexibility index (Phi) is 8.30. The first kappa shape index (κ1) is 26.0. The molecule has 3 aromatic carbocycles. The van der Waals surface area contributed by atoms with Gasteiger partial charge in [-0.25, -0.2) is 0 Å². The van der Waals surface area contributed by atoms with Crippen molar-refractivity contribution in [1.29, 1.82) is 0 Å². The maximum atomic E-state index is 13.0. The Morgan fingerprint density at radius 1 is 0.973 bits per heavy atom. The van der Waals surface area contributed by atoms with Crippen LogP contribution >= 0.6 is 11.8 Å². The molecule has 0 atom stereocenters. The highest BCUT2D eigenvalue weighted by atomic mass is 32.2. The van der Waals surface area contributed by atoms with E-state index in [4.69, 9.17) is 9.47 Å². The summed E-state index contributed by atoms with van der Waals surface area (Å²) >= 11 is 0.915. The first-order valence-corrected chi connectivity index (χ1v) is 12.7. The predicted molar refractivity (Wildman–Crippen MR) is 146 cm³/mol. The van der Waals surface area contributed by atoms with Crippen LogP contribution in [0.2, 0.25) is 0 Å². The van der Waals surface area contributed by atoms with Crippen molar-refractivity contribution in [1.82, 2.24) is 4.90 Å². The number of hydrogen-bond acceptors (Lipinski definition) is 6. The first-order valence-electron chi connectivity index (χ1n) is 11.9. The van der Waals surface area contributed by atoms with Crippen molar-refractivity contribution in [2.75, 3.05) is 18.5 Å². The zero-order valence-corrected chi connectivity index (χ0v) is 21.8. The van der Waals surface area contributed by atoms with Gasteiger partial charge in [-0.1, -0.05) is 42.5 Å². The van der Waals surface area contributed by atoms with Crippen LogP contribution in [0.5, 0.6) is 11.5 Å². The summed E-state index contributed by atoms with van der Waals surface area (Å²) in [6.07, 6.45) is 1.67. The van der Waals surface area contributed by atoms with Gasteiger partial charge in [0.15, 0.2) is 18.1 Å². The molecule has 1 aliphatic heterocycles. The Morgan fingerprint density at radius 2 is 1.78 bits per heavy atom. The lowest BCUT2D eigenvalue weighted by Gasteiger charge is -2.14. The van der Waals surface area contributed by atoms with E-state index in [9.17, 15) is 14.4 Å². The third-order valence-corrected chi connectivity index (χ3v) is 6.60. The largest absolute Gasteiger partial charge is 0.490 e. The van der Waals surface area contributed by atoms with Crippen LogP contribution in [-0.2, 0) is 16.1 Å². The van der Waals surface area contributed by atoms with Crippen molar-refractivity contribution in [3.8, 4) is 11.5 Å². The number of hydrogen-bond donors (Lipinski definition) is 1. The Bertz CT molecular complexity index is 1370. The van der Waals surface area contributed by atoms with E-state index < -0.39 is 0 Å². The molecule has 1 N–H and O–H groups in total. The quantitative estimate of drug-likeness (QED) is 0.354. The van der Waals surface area contributed by atoms with Crippen molar-refractivity contribution in [3.63, 3.8) is 0 Å². The third-order valence-electron chi connectivity index (χ3n) is 5.69. The predicted octanol–water partition coefficient (Wildman–Crippen LogP) is 5.96. The standard InChI is InChI=1S/C29H28N2O5S/c1-4-35-25-15-21(12-13-24(25)36-18-27(32)30-23-11-7-8-19(2)14-23)16-26-28(33)31(29(34)37-26)17-22-10-6-5-9-20(22)3/h5-16H,4,17-18H2,1-3H3,(H,30,32)/b26-16-. The number of carbonyl (C=O) groups is 3. The number of aryl methyl sites for hydroxylation is 2. The van der Waals surface area contributed by atoms with Crippen LogP contribution in [0.1, 0.15) is 29.2 Å². The molecule has 0 aromatic heterocycles. The number of imide groups is 1. The smallest absolute Gasteiger partial charge is 0.293 e. The van der Waals surface area contributed by atoms with E-state index in [-0.39, 0.29) is 30.2 Å². The second-order valence-corrected chi connectivity index (χ2v) is 9.53. The van der Waals surface area contributed by atoms with Gasteiger partial charge in [-0.2, -0.15) is 0 Å². The second kappa shape index (κ2) is 11.8. The molecule has 1 heterocycles. The molecule has 1 aliphatic rings. The van der Waals surface area contributed by atoms with Crippen LogP contribution in [0.4, 0.5) is 10.5 Å². The van der Waals surface area contributed by atoms with E-state index in [1.54, 1.807) is 24.3 Å². The number of ether oxygens (including phenoxy) is 2. The summed E-state index contributed by atoms with van der Waals surface area (Å²) in [7, 11) is 0. The van der Waals surface area contributed by atoms with E-state index in [2.05, 4.69) is 5.32 Å². The Hall–Kier alpha value is -4.04. The number of nitrogens with one attached hydrogen (secondary N) is 1. The number of carbonyl (C=O) groups excluding carboxylic acids is 3. The Balaban J connectivity index is 1.45. The molecule has 37 heavy (non-hydrogen) atoms. The minimum Gasteiger partial charge on any atom is -0.490 e. The van der Waals surface area contributed by atoms with Gasteiger partial charge in [-0.15, -0.1) is 0 Å². The number of amides is 3. The molecular weight excluding hydrogens is 488 g/mol. The first-order chi connectivity index (χ1) is 17.8. The normalized spacial score (nSPS) is 14.2. The average Bonchev–Trinajstić information content (AvgIpc) is 3.12. The van der Waals surface area contributed by atoms with Crippen LogP contribution in [-0.4, -0.2) is 35.2 Å². The summed E-state index contributed by atoms with van der Waals surface area (Å²) in [4.78, 5) is 39.5. The molecule has 4 rings (SSSR count). The Labute approximate surface area is 220 Å². The van der Waals surface area contributed by atoms with Crippen LogP contribution < -0.4 is 14.8 Å². The maximum absolute atomic E-state index is 13.0. The summed E-state index contributed by atoms with van der Waals surface area (Å²) in [5.74, 6) is 0.230. The highest BCUT2D eigenvalue weighted by molar-refractivity contribution is 8.18. The molecule has 0 bridgehead atoms. The van der Waals surface area contributed by atoms with Gasteiger partial charge >= 0.3 is 0 Å². The van der Waals surface area contributed by atoms with Gasteiger partial charge < -0.3 is 14.8 Å². The molecule has 0 aliphatic carbocycles. The van der Waals surface area contributed by atoms with Crippen LogP contribution in [0.15, 0.2) is 71.6 Å². The summed E-state index contributed by atoms with van der Waals surface area (Å²) in [5.41, 5.74) is 4.38. The van der Waals surface area contributed by atoms with Gasteiger partial charge in [0.2, 0.25) is 0 Å². The summed E-state index contributed by atoms with van der Waals surface area (Å²) in [6.45, 7) is 6.18. The number of nitrogens with zero attached hydrogens (tertiary/aromatic N) is 1. The number of anilines is 1. The molecule has 0 saturated carbocycles. The molecule has 1 saturated heterocycles. The average molecular weight is 517 g/mol. The summed E-state index contributed by atoms with van der Waals surface area (Å²) in [6, 6.07) is 20.4. The minimum atomic E-state index is -0.329. The topological polar surface area (TPSA) is 84.9 Å². The van der Waals surface area contributed by atoms with E-state index in [1.165, 1.54) is 4.90 Å². The Morgan fingerprint density at radius 3 is 2.54 bits per heavy atom. The number of benzene rings is 3. The minimum absolute atomic E-state index is 0.189. The zero-order valence-electron chi connectivity index (χ0n) is 20.9. The highest BCUT2D eigenvalue weighted by Crippen LogP contribution is 2.35. The van der Waals surface area contributed by atoms with Crippen LogP contribution in [0.25, 0.3) is 6.08 Å². The number of rotatable bonds is 9. The van der Waals surface area contributed by atoms with Gasteiger partial charge in [-0.05, 0) is 85.1 Å². The van der Waals surface area contributed by atoms with E-state index in [0.29, 0.717) is 34.3 Å². The molecule has 8 heteroatoms. The van der Waals surface area contributed by atoms with Gasteiger partial charge in [0.05, 0.1) is 18.1 Å². The van der Waals surface area contributed by atoms with Gasteiger partial charge in [0.1, 0.15) is 0 Å². The molecule has 0 unspecified atom stereocenters. The SMILES string of the molecule is CCOc1cc(/C=C2\SC(=O)N(Cc3ccccc3C)C2=O)ccc1OCC(=O)Nc1cccc(C)c1. The molecule has 3 amide bonds. The van der Waals surface area contributed by atoms with Crippen molar-refractivity contribution >= 4 is 40.6 Å².